The van der Waals surface area contributed by atoms with Gasteiger partial charge in [0.25, 0.3) is 5.76 Å². The molecule has 3 nitrogen and oxygen atoms in total. The van der Waals surface area contributed by atoms with Crippen LogP contribution in [0.3, 0.4) is 0 Å². The van der Waals surface area contributed by atoms with Crippen LogP contribution in [0.25, 0.3) is 0 Å². The highest BCUT2D eigenvalue weighted by atomic mass is 32.2. The van der Waals surface area contributed by atoms with E-state index in [1.54, 1.807) is 6.07 Å². The fourth-order valence-corrected chi connectivity index (χ4v) is 2.51. The zero-order valence-corrected chi connectivity index (χ0v) is 11.6. The van der Waals surface area contributed by atoms with Crippen molar-refractivity contribution >= 4 is 11.8 Å². The fraction of sp³-hybridized carbons (Fsp3) is 0.692. The van der Waals surface area contributed by atoms with E-state index < -0.39 is 5.76 Å². The Hall–Kier alpha value is -0.590. The lowest BCUT2D eigenvalue weighted by Gasteiger charge is -2.22. The van der Waals surface area contributed by atoms with Gasteiger partial charge < -0.3 is 14.5 Å². The lowest BCUT2D eigenvalue weighted by Crippen LogP contribution is -2.31. The lowest BCUT2D eigenvalue weighted by molar-refractivity contribution is 0.0165. The second-order valence-corrected chi connectivity index (χ2v) is 5.54. The Bertz CT molecular complexity index is 367. The first-order valence-electron chi connectivity index (χ1n) is 6.53. The molecular formula is C13H19F2NO2S. The summed E-state index contributed by atoms with van der Waals surface area (Å²) in [5, 5.41) is 3.28. The van der Waals surface area contributed by atoms with Gasteiger partial charge in [-0.2, -0.15) is 8.78 Å². The van der Waals surface area contributed by atoms with Crippen LogP contribution < -0.4 is 5.32 Å². The molecule has 1 aliphatic rings. The van der Waals surface area contributed by atoms with Crippen LogP contribution in [0.1, 0.15) is 30.8 Å². The van der Waals surface area contributed by atoms with Crippen LogP contribution >= 0.6 is 11.8 Å². The number of hydrogen-bond donors (Lipinski definition) is 1. The van der Waals surface area contributed by atoms with Gasteiger partial charge in [0.2, 0.25) is 0 Å². The summed E-state index contributed by atoms with van der Waals surface area (Å²) >= 11 is 0.577. The second-order valence-electron chi connectivity index (χ2n) is 4.56. The highest BCUT2D eigenvalue weighted by molar-refractivity contribution is 7.98. The molecule has 19 heavy (non-hydrogen) atoms. The molecule has 1 saturated heterocycles. The van der Waals surface area contributed by atoms with Crippen LogP contribution in [0, 0.1) is 0 Å². The lowest BCUT2D eigenvalue weighted by atomic mass is 10.1. The summed E-state index contributed by atoms with van der Waals surface area (Å²) in [5.74, 6) is -0.768. The summed E-state index contributed by atoms with van der Waals surface area (Å²) in [4.78, 5) is 0. The molecule has 6 heteroatoms. The Morgan fingerprint density at radius 1 is 1.32 bits per heavy atom. The molecule has 1 N–H and O–H groups in total. The molecular weight excluding hydrogens is 272 g/mol. The van der Waals surface area contributed by atoms with Gasteiger partial charge in [0, 0.05) is 13.2 Å². The Morgan fingerprint density at radius 3 is 2.89 bits per heavy atom. The van der Waals surface area contributed by atoms with Crippen molar-refractivity contribution in [1.29, 1.82) is 0 Å². The first-order valence-corrected chi connectivity index (χ1v) is 7.58. The van der Waals surface area contributed by atoms with E-state index in [9.17, 15) is 8.78 Å². The normalized spacial score (nSPS) is 20.1. The Labute approximate surface area is 116 Å². The van der Waals surface area contributed by atoms with Crippen LogP contribution in [0.5, 0.6) is 0 Å². The van der Waals surface area contributed by atoms with E-state index in [2.05, 4.69) is 5.32 Å². The van der Waals surface area contributed by atoms with Crippen LogP contribution in [0.2, 0.25) is 0 Å². The molecule has 1 aromatic heterocycles. The number of halogens is 2. The smallest absolute Gasteiger partial charge is 0.284 e. The number of furan rings is 1. The molecule has 2 heterocycles. The van der Waals surface area contributed by atoms with Gasteiger partial charge in [0.1, 0.15) is 11.5 Å². The summed E-state index contributed by atoms with van der Waals surface area (Å²) in [7, 11) is 0. The summed E-state index contributed by atoms with van der Waals surface area (Å²) in [6, 6.07) is 3.58. The monoisotopic (exact) mass is 291 g/mol. The molecule has 0 bridgehead atoms. The number of ether oxygens (including phenoxy) is 1. The van der Waals surface area contributed by atoms with Gasteiger partial charge in [0.05, 0.1) is 18.4 Å². The summed E-state index contributed by atoms with van der Waals surface area (Å²) in [6.45, 7) is 2.27. The van der Waals surface area contributed by atoms with Crippen LogP contribution in [-0.4, -0.2) is 25.0 Å². The largest absolute Gasteiger partial charge is 0.464 e. The molecule has 108 valence electrons. The first-order chi connectivity index (χ1) is 9.24. The van der Waals surface area contributed by atoms with E-state index in [-0.39, 0.29) is 11.9 Å². The maximum atomic E-state index is 12.0. The average Bonchev–Trinajstić information content (AvgIpc) is 2.86. The average molecular weight is 291 g/mol. The molecule has 1 aliphatic heterocycles. The van der Waals surface area contributed by atoms with Crippen molar-refractivity contribution in [3.05, 3.63) is 23.7 Å². The predicted molar refractivity (Wildman–Crippen MR) is 71.3 cm³/mol. The van der Waals surface area contributed by atoms with Gasteiger partial charge in [-0.15, -0.1) is 0 Å². The molecule has 1 atom stereocenters. The van der Waals surface area contributed by atoms with Crippen molar-refractivity contribution < 1.29 is 17.9 Å². The number of alkyl halides is 2. The quantitative estimate of drug-likeness (QED) is 0.835. The molecule has 1 unspecified atom stereocenters. The number of nitrogens with one attached hydrogen (secondary N) is 1. The van der Waals surface area contributed by atoms with Crippen molar-refractivity contribution in [1.82, 2.24) is 5.32 Å². The van der Waals surface area contributed by atoms with Gasteiger partial charge >= 0.3 is 0 Å². The predicted octanol–water partition coefficient (Wildman–Crippen LogP) is 3.39. The SMILES string of the molecule is FC(F)SCc1ccc(CNCC2CCCCO2)o1. The van der Waals surface area contributed by atoms with E-state index in [0.717, 1.165) is 31.8 Å². The molecule has 0 saturated carbocycles. The van der Waals surface area contributed by atoms with Gasteiger partial charge in [-0.1, -0.05) is 11.8 Å². The van der Waals surface area contributed by atoms with Gasteiger partial charge in [-0.25, -0.2) is 0 Å². The van der Waals surface area contributed by atoms with Crippen LogP contribution in [0.4, 0.5) is 8.78 Å². The van der Waals surface area contributed by atoms with Crippen LogP contribution in [0.15, 0.2) is 16.5 Å². The summed E-state index contributed by atoms with van der Waals surface area (Å²) in [6.07, 6.45) is 3.76. The minimum atomic E-state index is -2.35. The Kier molecular flexibility index (Phi) is 6.13. The third kappa shape index (κ3) is 5.50. The number of hydrogen-bond acceptors (Lipinski definition) is 4. The number of rotatable bonds is 7. The van der Waals surface area contributed by atoms with Crippen molar-refractivity contribution in [2.24, 2.45) is 0 Å². The second kappa shape index (κ2) is 7.87. The Balaban J connectivity index is 1.65. The van der Waals surface area contributed by atoms with E-state index in [0.29, 0.717) is 24.1 Å². The standard InChI is InChI=1S/C13H19F2NO2S/c14-13(15)19-9-12-5-4-11(18-12)8-16-7-10-3-1-2-6-17-10/h4-5,10,13,16H,1-3,6-9H2. The van der Waals surface area contributed by atoms with E-state index in [4.69, 9.17) is 9.15 Å². The first kappa shape index (κ1) is 14.8. The third-order valence-electron chi connectivity index (χ3n) is 3.01. The molecule has 0 radical (unpaired) electrons. The molecule has 0 aliphatic carbocycles. The van der Waals surface area contributed by atoms with E-state index in [1.165, 1.54) is 6.42 Å². The van der Waals surface area contributed by atoms with Crippen LogP contribution in [-0.2, 0) is 17.0 Å². The highest BCUT2D eigenvalue weighted by Gasteiger charge is 2.13. The molecule has 0 amide bonds. The molecule has 0 spiro atoms. The molecule has 0 aromatic carbocycles. The zero-order valence-electron chi connectivity index (χ0n) is 10.7. The molecule has 2 rings (SSSR count). The minimum Gasteiger partial charge on any atom is -0.464 e. The van der Waals surface area contributed by atoms with Gasteiger partial charge in [-0.05, 0) is 31.4 Å². The van der Waals surface area contributed by atoms with Crippen molar-refractivity contribution in [2.75, 3.05) is 13.2 Å². The maximum absolute atomic E-state index is 12.0. The van der Waals surface area contributed by atoms with Crippen molar-refractivity contribution in [3.63, 3.8) is 0 Å². The summed E-state index contributed by atoms with van der Waals surface area (Å²) in [5.41, 5.74) is 0. The van der Waals surface area contributed by atoms with Gasteiger partial charge in [0.15, 0.2) is 0 Å². The Morgan fingerprint density at radius 2 is 2.16 bits per heavy atom. The van der Waals surface area contributed by atoms with Crippen molar-refractivity contribution in [3.8, 4) is 0 Å². The third-order valence-corrected chi connectivity index (χ3v) is 3.72. The van der Waals surface area contributed by atoms with E-state index in [1.807, 2.05) is 6.07 Å². The minimum absolute atomic E-state index is 0.212. The molecule has 1 fully saturated rings. The number of thioether (sulfide) groups is 1. The fourth-order valence-electron chi connectivity index (χ4n) is 2.06. The molecule has 1 aromatic rings. The summed E-state index contributed by atoms with van der Waals surface area (Å²) < 4.78 is 35.1. The van der Waals surface area contributed by atoms with E-state index >= 15 is 0 Å². The highest BCUT2D eigenvalue weighted by Crippen LogP contribution is 2.21. The topological polar surface area (TPSA) is 34.4 Å². The maximum Gasteiger partial charge on any atom is 0.284 e. The zero-order chi connectivity index (χ0) is 13.5. The van der Waals surface area contributed by atoms with Gasteiger partial charge in [-0.3, -0.25) is 0 Å². The van der Waals surface area contributed by atoms with Crippen molar-refractivity contribution in [2.45, 2.75) is 43.4 Å².